The maximum atomic E-state index is 12.9. The van der Waals surface area contributed by atoms with E-state index in [1.807, 2.05) is 25.1 Å². The van der Waals surface area contributed by atoms with Crippen LogP contribution in [0, 0.1) is 6.92 Å². The predicted molar refractivity (Wildman–Crippen MR) is 126 cm³/mol. The van der Waals surface area contributed by atoms with Gasteiger partial charge in [0.1, 0.15) is 5.82 Å². The number of fused-ring (bicyclic) bond motifs is 2. The van der Waals surface area contributed by atoms with Gasteiger partial charge in [0.15, 0.2) is 23.1 Å². The monoisotopic (exact) mass is 478 g/mol. The third-order valence-corrected chi connectivity index (χ3v) is 6.78. The Balaban J connectivity index is 1.45. The second kappa shape index (κ2) is 8.33. The Labute approximate surface area is 201 Å². The first kappa shape index (κ1) is 21.5. The fourth-order valence-corrected chi connectivity index (χ4v) is 5.18. The van der Waals surface area contributed by atoms with Gasteiger partial charge in [-0.05, 0) is 38.0 Å². The van der Waals surface area contributed by atoms with Crippen LogP contribution in [0.15, 0.2) is 18.2 Å². The Morgan fingerprint density at radius 1 is 1.06 bits per heavy atom. The van der Waals surface area contributed by atoms with Gasteiger partial charge in [-0.15, -0.1) is 10.2 Å². The molecule has 0 radical (unpaired) electrons. The van der Waals surface area contributed by atoms with E-state index in [4.69, 9.17) is 24.0 Å². The van der Waals surface area contributed by atoms with Crippen LogP contribution in [0.3, 0.4) is 0 Å². The highest BCUT2D eigenvalue weighted by Crippen LogP contribution is 2.54. The molecule has 0 aliphatic carbocycles. The number of aromatic nitrogens is 4. The number of aryl methyl sites for hydroxylation is 1. The van der Waals surface area contributed by atoms with Gasteiger partial charge in [0, 0.05) is 36.6 Å². The number of nitrogens with zero attached hydrogens (tertiary/aromatic N) is 5. The number of ether oxygens (including phenoxy) is 4. The number of carbonyl (C=O) groups excluding carboxylic acids is 1. The van der Waals surface area contributed by atoms with Crippen LogP contribution in [0.4, 0.5) is 11.6 Å². The number of benzene rings is 1. The minimum atomic E-state index is -0.331. The second-order valence-corrected chi connectivity index (χ2v) is 8.77. The quantitative estimate of drug-likeness (QED) is 0.591. The number of anilines is 2. The lowest BCUT2D eigenvalue weighted by Crippen LogP contribution is -2.25. The molecule has 3 aliphatic heterocycles. The van der Waals surface area contributed by atoms with E-state index < -0.39 is 0 Å². The van der Waals surface area contributed by atoms with Gasteiger partial charge in [0.2, 0.25) is 24.2 Å². The zero-order valence-corrected chi connectivity index (χ0v) is 19.8. The Kier molecular flexibility index (Phi) is 5.12. The van der Waals surface area contributed by atoms with Gasteiger partial charge < -0.3 is 29.2 Å². The molecule has 1 atom stereocenters. The highest BCUT2D eigenvalue weighted by Gasteiger charge is 2.38. The number of methoxy groups -OCH3 is 2. The molecule has 1 aromatic carbocycles. The van der Waals surface area contributed by atoms with Crippen molar-refractivity contribution in [2.24, 2.45) is 0 Å². The lowest BCUT2D eigenvalue weighted by Gasteiger charge is -2.26. The van der Waals surface area contributed by atoms with Crippen molar-refractivity contribution in [1.82, 2.24) is 20.0 Å². The number of hydrogen-bond acceptors (Lipinski definition) is 9. The topological polar surface area (TPSA) is 113 Å². The van der Waals surface area contributed by atoms with E-state index in [0.29, 0.717) is 34.6 Å². The molecule has 11 heteroatoms. The summed E-state index contributed by atoms with van der Waals surface area (Å²) in [5.41, 5.74) is 2.42. The zero-order chi connectivity index (χ0) is 24.1. The summed E-state index contributed by atoms with van der Waals surface area (Å²) in [6.45, 7) is 3.97. The molecule has 35 heavy (non-hydrogen) atoms. The van der Waals surface area contributed by atoms with E-state index in [1.54, 1.807) is 18.9 Å². The van der Waals surface area contributed by atoms with Crippen molar-refractivity contribution in [3.05, 3.63) is 35.0 Å². The zero-order valence-electron chi connectivity index (χ0n) is 19.8. The Bertz CT molecular complexity index is 1300. The lowest BCUT2D eigenvalue weighted by atomic mass is 9.84. The molecule has 2 aromatic heterocycles. The Hall–Kier alpha value is -4.02. The highest BCUT2D eigenvalue weighted by atomic mass is 16.7. The molecular formula is C24H26N6O5. The molecule has 11 nitrogen and oxygen atoms in total. The second-order valence-electron chi connectivity index (χ2n) is 8.77. The molecule has 6 rings (SSSR count). The fourth-order valence-electron chi connectivity index (χ4n) is 5.18. The number of rotatable bonds is 5. The molecule has 0 bridgehead atoms. The summed E-state index contributed by atoms with van der Waals surface area (Å²) in [5.74, 6) is 3.51. The number of hydrogen-bond donors (Lipinski definition) is 1. The summed E-state index contributed by atoms with van der Waals surface area (Å²) < 4.78 is 24.2. The van der Waals surface area contributed by atoms with E-state index in [-0.39, 0.29) is 25.0 Å². The van der Waals surface area contributed by atoms with Gasteiger partial charge in [-0.1, -0.05) is 0 Å². The Morgan fingerprint density at radius 3 is 2.51 bits per heavy atom. The van der Waals surface area contributed by atoms with Crippen LogP contribution in [0.25, 0.3) is 5.82 Å². The minimum absolute atomic E-state index is 0.0744. The van der Waals surface area contributed by atoms with Crippen molar-refractivity contribution in [3.63, 3.8) is 0 Å². The van der Waals surface area contributed by atoms with Gasteiger partial charge in [-0.25, -0.2) is 0 Å². The van der Waals surface area contributed by atoms with Gasteiger partial charge in [0.05, 0.1) is 19.9 Å². The van der Waals surface area contributed by atoms with Crippen LogP contribution in [0.5, 0.6) is 23.0 Å². The molecule has 5 heterocycles. The van der Waals surface area contributed by atoms with Crippen LogP contribution in [0.2, 0.25) is 0 Å². The lowest BCUT2D eigenvalue weighted by molar-refractivity contribution is -0.116. The maximum Gasteiger partial charge on any atom is 0.231 e. The molecule has 1 N–H and O–H groups in total. The van der Waals surface area contributed by atoms with Crippen molar-refractivity contribution < 1.29 is 23.7 Å². The largest absolute Gasteiger partial charge is 0.493 e. The molecule has 0 unspecified atom stereocenters. The first-order valence-corrected chi connectivity index (χ1v) is 11.6. The van der Waals surface area contributed by atoms with Crippen molar-refractivity contribution in [1.29, 1.82) is 0 Å². The van der Waals surface area contributed by atoms with Gasteiger partial charge in [0.25, 0.3) is 0 Å². The average Bonchev–Trinajstić information content (AvgIpc) is 3.63. The first-order valence-electron chi connectivity index (χ1n) is 11.6. The van der Waals surface area contributed by atoms with E-state index in [1.165, 1.54) is 0 Å². The van der Waals surface area contributed by atoms with Gasteiger partial charge >= 0.3 is 0 Å². The first-order chi connectivity index (χ1) is 17.1. The smallest absolute Gasteiger partial charge is 0.231 e. The minimum Gasteiger partial charge on any atom is -0.493 e. The van der Waals surface area contributed by atoms with Crippen LogP contribution >= 0.6 is 0 Å². The summed E-state index contributed by atoms with van der Waals surface area (Å²) in [5, 5.41) is 16.6. The summed E-state index contributed by atoms with van der Waals surface area (Å²) in [4.78, 5) is 15.1. The normalized spacial score (nSPS) is 18.4. The van der Waals surface area contributed by atoms with Gasteiger partial charge in [-0.3, -0.25) is 4.79 Å². The van der Waals surface area contributed by atoms with Crippen LogP contribution in [0.1, 0.15) is 42.0 Å². The van der Waals surface area contributed by atoms with Crippen LogP contribution in [-0.4, -0.2) is 60.0 Å². The summed E-state index contributed by atoms with van der Waals surface area (Å²) in [7, 11) is 3.14. The van der Waals surface area contributed by atoms with Crippen LogP contribution in [-0.2, 0) is 4.79 Å². The number of amides is 1. The predicted octanol–water partition coefficient (Wildman–Crippen LogP) is 2.79. The SMILES string of the molecule is COc1cc([C@H]2CC(=O)Nc3c2c(C)nn3-c2ccc(N3CCCC3)nn2)c(OC)c2c1OCO2. The number of nitrogens with one attached hydrogen (secondary N) is 1. The molecule has 1 fully saturated rings. The molecule has 1 saturated heterocycles. The Morgan fingerprint density at radius 2 is 1.80 bits per heavy atom. The van der Waals surface area contributed by atoms with E-state index in [0.717, 1.165) is 48.6 Å². The van der Waals surface area contributed by atoms with E-state index in [9.17, 15) is 4.79 Å². The molecule has 3 aromatic rings. The summed E-state index contributed by atoms with van der Waals surface area (Å²) in [6.07, 6.45) is 2.55. The van der Waals surface area contributed by atoms with Crippen molar-refractivity contribution in [2.75, 3.05) is 44.3 Å². The van der Waals surface area contributed by atoms with Crippen LogP contribution < -0.4 is 29.2 Å². The number of carbonyl (C=O) groups is 1. The standard InChI is InChI=1S/C24H26N6O5/c1-13-20-14(15-10-16(32-2)22-23(21(15)33-3)35-12-34-22)11-19(31)25-24(20)30(28-13)18-7-6-17(26-27-18)29-8-4-5-9-29/h6-7,10,14H,4-5,8-9,11-12H2,1-3H3,(H,25,31)/t14-/m1/s1. The molecule has 1 amide bonds. The van der Waals surface area contributed by atoms with E-state index >= 15 is 0 Å². The van der Waals surface area contributed by atoms with Gasteiger partial charge in [-0.2, -0.15) is 9.78 Å². The molecule has 0 spiro atoms. The molecule has 182 valence electrons. The maximum absolute atomic E-state index is 12.9. The molecule has 3 aliphatic rings. The average molecular weight is 479 g/mol. The fraction of sp³-hybridized carbons (Fsp3) is 0.417. The molecule has 0 saturated carbocycles. The summed E-state index contributed by atoms with van der Waals surface area (Å²) >= 11 is 0. The third-order valence-electron chi connectivity index (χ3n) is 6.78. The highest BCUT2D eigenvalue weighted by molar-refractivity contribution is 5.95. The van der Waals surface area contributed by atoms with Crippen molar-refractivity contribution in [3.8, 4) is 28.8 Å². The summed E-state index contributed by atoms with van der Waals surface area (Å²) in [6, 6.07) is 5.68. The van der Waals surface area contributed by atoms with Crippen molar-refractivity contribution >= 4 is 17.5 Å². The van der Waals surface area contributed by atoms with Crippen molar-refractivity contribution in [2.45, 2.75) is 32.1 Å². The van der Waals surface area contributed by atoms with E-state index in [2.05, 4.69) is 20.4 Å². The molecular weight excluding hydrogens is 452 g/mol. The third kappa shape index (κ3) is 3.41.